The SMILES string of the molecule is C=CCn1c(O)c(CN2CCOC2)c(C)c(C#N)c1=O. The van der Waals surface area contributed by atoms with Gasteiger partial charge in [-0.3, -0.25) is 14.3 Å². The van der Waals surface area contributed by atoms with Crippen molar-refractivity contribution in [2.45, 2.75) is 20.0 Å². The molecule has 1 fully saturated rings. The standard InChI is InChI=1S/C14H17N3O3/c1-3-4-17-13(18)11(7-15)10(2)12(14(17)19)8-16-5-6-20-9-16/h3,19H,1,4-6,8-9H2,2H3. The summed E-state index contributed by atoms with van der Waals surface area (Å²) in [4.78, 5) is 14.1. The first-order valence-electron chi connectivity index (χ1n) is 6.36. The number of rotatable bonds is 4. The molecule has 0 unspecified atom stereocenters. The number of ether oxygens (including phenoxy) is 1. The number of allylic oxidation sites excluding steroid dienone is 1. The number of pyridine rings is 1. The van der Waals surface area contributed by atoms with Gasteiger partial charge in [-0.15, -0.1) is 6.58 Å². The highest BCUT2D eigenvalue weighted by atomic mass is 16.5. The van der Waals surface area contributed by atoms with E-state index >= 15 is 0 Å². The first kappa shape index (κ1) is 14.3. The van der Waals surface area contributed by atoms with Crippen LogP contribution in [0.25, 0.3) is 0 Å². The highest BCUT2D eigenvalue weighted by Gasteiger charge is 2.21. The summed E-state index contributed by atoms with van der Waals surface area (Å²) in [5.74, 6) is -0.0988. The number of aromatic nitrogens is 1. The summed E-state index contributed by atoms with van der Waals surface area (Å²) < 4.78 is 6.43. The predicted molar refractivity (Wildman–Crippen MR) is 73.2 cm³/mol. The molecular weight excluding hydrogens is 258 g/mol. The average Bonchev–Trinajstić information content (AvgIpc) is 2.93. The van der Waals surface area contributed by atoms with Crippen molar-refractivity contribution in [2.24, 2.45) is 0 Å². The van der Waals surface area contributed by atoms with Gasteiger partial charge < -0.3 is 9.84 Å². The van der Waals surface area contributed by atoms with Crippen LogP contribution in [0.3, 0.4) is 0 Å². The monoisotopic (exact) mass is 275 g/mol. The first-order chi connectivity index (χ1) is 9.60. The minimum absolute atomic E-state index is 0.0692. The minimum Gasteiger partial charge on any atom is -0.494 e. The van der Waals surface area contributed by atoms with Crippen LogP contribution in [0.2, 0.25) is 0 Å². The molecule has 0 bridgehead atoms. The van der Waals surface area contributed by atoms with Gasteiger partial charge in [0, 0.05) is 25.2 Å². The van der Waals surface area contributed by atoms with Crippen LogP contribution in [0.1, 0.15) is 16.7 Å². The van der Waals surface area contributed by atoms with Crippen molar-refractivity contribution in [3.63, 3.8) is 0 Å². The maximum absolute atomic E-state index is 12.1. The molecule has 1 N–H and O–H groups in total. The van der Waals surface area contributed by atoms with Crippen LogP contribution < -0.4 is 5.56 Å². The van der Waals surface area contributed by atoms with Crippen LogP contribution in [0.5, 0.6) is 5.88 Å². The Hall–Kier alpha value is -2.10. The van der Waals surface area contributed by atoms with Crippen LogP contribution >= 0.6 is 0 Å². The summed E-state index contributed by atoms with van der Waals surface area (Å²) in [6.07, 6.45) is 1.51. The fourth-order valence-corrected chi connectivity index (χ4v) is 2.29. The second-order valence-corrected chi connectivity index (χ2v) is 4.71. The molecule has 2 rings (SSSR count). The smallest absolute Gasteiger partial charge is 0.271 e. The molecule has 106 valence electrons. The number of hydrogen-bond acceptors (Lipinski definition) is 5. The van der Waals surface area contributed by atoms with E-state index in [2.05, 4.69) is 6.58 Å². The topological polar surface area (TPSA) is 78.5 Å². The largest absolute Gasteiger partial charge is 0.494 e. The lowest BCUT2D eigenvalue weighted by Gasteiger charge is -2.19. The third-order valence-electron chi connectivity index (χ3n) is 3.44. The number of nitriles is 1. The first-order valence-corrected chi connectivity index (χ1v) is 6.36. The van der Waals surface area contributed by atoms with E-state index in [9.17, 15) is 9.90 Å². The van der Waals surface area contributed by atoms with Crippen LogP contribution in [-0.2, 0) is 17.8 Å². The molecule has 0 amide bonds. The predicted octanol–water partition coefficient (Wildman–Crippen LogP) is 0.710. The van der Waals surface area contributed by atoms with Crippen LogP contribution in [0.4, 0.5) is 0 Å². The van der Waals surface area contributed by atoms with Crippen molar-refractivity contribution in [3.05, 3.63) is 39.7 Å². The van der Waals surface area contributed by atoms with Gasteiger partial charge in [0.1, 0.15) is 11.6 Å². The summed E-state index contributed by atoms with van der Waals surface area (Å²) in [6.45, 7) is 7.77. The van der Waals surface area contributed by atoms with Crippen LogP contribution in [0.15, 0.2) is 17.4 Å². The maximum atomic E-state index is 12.1. The highest BCUT2D eigenvalue weighted by Crippen LogP contribution is 2.24. The molecule has 6 heteroatoms. The number of aromatic hydroxyl groups is 1. The van der Waals surface area contributed by atoms with Gasteiger partial charge in [0.2, 0.25) is 0 Å². The van der Waals surface area contributed by atoms with Gasteiger partial charge in [0.05, 0.1) is 13.3 Å². The molecule has 0 spiro atoms. The Morgan fingerprint density at radius 3 is 2.90 bits per heavy atom. The van der Waals surface area contributed by atoms with Crippen LogP contribution in [0, 0.1) is 18.3 Å². The van der Waals surface area contributed by atoms with Crippen molar-refractivity contribution >= 4 is 0 Å². The summed E-state index contributed by atoms with van der Waals surface area (Å²) >= 11 is 0. The van der Waals surface area contributed by atoms with Crippen molar-refractivity contribution in [1.82, 2.24) is 9.47 Å². The van der Waals surface area contributed by atoms with Crippen molar-refractivity contribution in [1.29, 1.82) is 5.26 Å². The molecule has 1 aromatic rings. The fourth-order valence-electron chi connectivity index (χ4n) is 2.29. The van der Waals surface area contributed by atoms with Crippen molar-refractivity contribution in [2.75, 3.05) is 19.9 Å². The van der Waals surface area contributed by atoms with Gasteiger partial charge in [-0.05, 0) is 12.5 Å². The van der Waals surface area contributed by atoms with E-state index in [-0.39, 0.29) is 18.0 Å². The zero-order chi connectivity index (χ0) is 14.7. The Labute approximate surface area is 117 Å². The average molecular weight is 275 g/mol. The quantitative estimate of drug-likeness (QED) is 0.819. The molecule has 1 saturated heterocycles. The summed E-state index contributed by atoms with van der Waals surface area (Å²) in [6, 6.07) is 1.93. The third-order valence-corrected chi connectivity index (χ3v) is 3.44. The zero-order valence-electron chi connectivity index (χ0n) is 11.4. The Kier molecular flexibility index (Phi) is 4.23. The Bertz CT molecular complexity index is 622. The Morgan fingerprint density at radius 2 is 2.35 bits per heavy atom. The highest BCUT2D eigenvalue weighted by molar-refractivity contribution is 5.45. The summed E-state index contributed by atoms with van der Waals surface area (Å²) in [7, 11) is 0. The molecule has 20 heavy (non-hydrogen) atoms. The van der Waals surface area contributed by atoms with E-state index in [1.165, 1.54) is 10.6 Å². The van der Waals surface area contributed by atoms with Gasteiger partial charge in [-0.2, -0.15) is 5.26 Å². The zero-order valence-corrected chi connectivity index (χ0v) is 11.4. The molecule has 0 radical (unpaired) electrons. The molecule has 0 aromatic carbocycles. The summed E-state index contributed by atoms with van der Waals surface area (Å²) in [5.41, 5.74) is 0.708. The van der Waals surface area contributed by atoms with E-state index in [0.29, 0.717) is 31.0 Å². The fraction of sp³-hybridized carbons (Fsp3) is 0.429. The third kappa shape index (κ3) is 2.46. The van der Waals surface area contributed by atoms with Gasteiger partial charge >= 0.3 is 0 Å². The van der Waals surface area contributed by atoms with E-state index in [4.69, 9.17) is 10.00 Å². The molecule has 0 atom stereocenters. The second-order valence-electron chi connectivity index (χ2n) is 4.71. The minimum atomic E-state index is -0.483. The molecule has 2 heterocycles. The number of hydrogen-bond donors (Lipinski definition) is 1. The molecule has 0 saturated carbocycles. The Balaban J connectivity index is 2.54. The van der Waals surface area contributed by atoms with Crippen molar-refractivity contribution in [3.8, 4) is 11.9 Å². The van der Waals surface area contributed by atoms with E-state index in [0.717, 1.165) is 6.54 Å². The lowest BCUT2D eigenvalue weighted by atomic mass is 10.0. The van der Waals surface area contributed by atoms with Crippen LogP contribution in [-0.4, -0.2) is 34.5 Å². The van der Waals surface area contributed by atoms with E-state index in [1.54, 1.807) is 6.92 Å². The van der Waals surface area contributed by atoms with E-state index in [1.807, 2.05) is 11.0 Å². The van der Waals surface area contributed by atoms with Crippen molar-refractivity contribution < 1.29 is 9.84 Å². The van der Waals surface area contributed by atoms with Gasteiger partial charge in [0.25, 0.3) is 5.56 Å². The second kappa shape index (κ2) is 5.90. The molecule has 1 aliphatic heterocycles. The maximum Gasteiger partial charge on any atom is 0.271 e. The Morgan fingerprint density at radius 1 is 1.60 bits per heavy atom. The lowest BCUT2D eigenvalue weighted by molar-refractivity contribution is 0.136. The molecule has 0 aliphatic carbocycles. The molecule has 6 nitrogen and oxygen atoms in total. The normalized spacial score (nSPS) is 15.2. The lowest BCUT2D eigenvalue weighted by Crippen LogP contribution is -2.27. The van der Waals surface area contributed by atoms with Gasteiger partial charge in [0.15, 0.2) is 5.88 Å². The van der Waals surface area contributed by atoms with Gasteiger partial charge in [-0.1, -0.05) is 6.08 Å². The van der Waals surface area contributed by atoms with E-state index < -0.39 is 5.56 Å². The molecule has 1 aliphatic rings. The number of nitrogens with zero attached hydrogens (tertiary/aromatic N) is 3. The molecule has 1 aromatic heterocycles. The summed E-state index contributed by atoms with van der Waals surface area (Å²) in [5, 5.41) is 19.5. The van der Waals surface area contributed by atoms with Gasteiger partial charge in [-0.25, -0.2) is 0 Å². The molecular formula is C14H17N3O3.